The third-order valence-electron chi connectivity index (χ3n) is 3.36. The number of hydrogen-bond donors (Lipinski definition) is 1. The summed E-state index contributed by atoms with van der Waals surface area (Å²) in [6, 6.07) is 6.33. The molecular formula is C15H20O4S. The van der Waals surface area contributed by atoms with Crippen molar-refractivity contribution < 1.29 is 17.7 Å². The quantitative estimate of drug-likeness (QED) is 0.646. The molecule has 0 radical (unpaired) electrons. The first-order chi connectivity index (χ1) is 9.25. The Labute approximate surface area is 120 Å². The van der Waals surface area contributed by atoms with Crippen molar-refractivity contribution in [2.24, 2.45) is 0 Å². The monoisotopic (exact) mass is 296 g/mol. The maximum Gasteiger partial charge on any atom is 0.297 e. The van der Waals surface area contributed by atoms with E-state index in [0.717, 1.165) is 5.56 Å². The Morgan fingerprint density at radius 2 is 1.95 bits per heavy atom. The Kier molecular flexibility index (Phi) is 5.35. The zero-order valence-corrected chi connectivity index (χ0v) is 12.8. The van der Waals surface area contributed by atoms with E-state index >= 15 is 0 Å². The predicted molar refractivity (Wildman–Crippen MR) is 77.6 cm³/mol. The van der Waals surface area contributed by atoms with Gasteiger partial charge in [-0.1, -0.05) is 24.6 Å². The molecule has 0 fully saturated rings. The second-order valence-electron chi connectivity index (χ2n) is 4.84. The Morgan fingerprint density at radius 3 is 2.40 bits per heavy atom. The number of aliphatic hydroxyl groups is 1. The van der Waals surface area contributed by atoms with Crippen molar-refractivity contribution in [1.82, 2.24) is 0 Å². The Hall–Kier alpha value is -1.35. The van der Waals surface area contributed by atoms with E-state index < -0.39 is 21.8 Å². The van der Waals surface area contributed by atoms with Crippen LogP contribution >= 0.6 is 0 Å². The fourth-order valence-corrected chi connectivity index (χ4v) is 2.91. The van der Waals surface area contributed by atoms with E-state index in [2.05, 4.69) is 5.92 Å². The largest absolute Gasteiger partial charge is 0.386 e. The van der Waals surface area contributed by atoms with Gasteiger partial charge in [-0.25, -0.2) is 0 Å². The van der Waals surface area contributed by atoms with Crippen LogP contribution < -0.4 is 0 Å². The number of terminal acetylenes is 1. The van der Waals surface area contributed by atoms with Crippen LogP contribution in [0.5, 0.6) is 0 Å². The molecule has 0 saturated heterocycles. The Bertz CT molecular complexity index is 583. The van der Waals surface area contributed by atoms with Gasteiger partial charge in [-0.15, -0.1) is 12.3 Å². The number of rotatable bonds is 6. The van der Waals surface area contributed by atoms with Gasteiger partial charge in [0.05, 0.1) is 4.90 Å². The van der Waals surface area contributed by atoms with Crippen molar-refractivity contribution >= 4 is 10.1 Å². The molecule has 1 aromatic carbocycles. The molecule has 0 spiro atoms. The molecule has 1 aromatic rings. The highest BCUT2D eigenvalue weighted by molar-refractivity contribution is 7.86. The zero-order chi connectivity index (χ0) is 15.4. The fourth-order valence-electron chi connectivity index (χ4n) is 1.77. The third kappa shape index (κ3) is 3.83. The van der Waals surface area contributed by atoms with Gasteiger partial charge in [0.2, 0.25) is 0 Å². The first-order valence-electron chi connectivity index (χ1n) is 6.41. The minimum atomic E-state index is -3.92. The van der Waals surface area contributed by atoms with Crippen LogP contribution in [-0.2, 0) is 14.3 Å². The number of benzene rings is 1. The van der Waals surface area contributed by atoms with Crippen molar-refractivity contribution in [2.45, 2.75) is 50.2 Å². The second-order valence-corrected chi connectivity index (χ2v) is 6.42. The minimum absolute atomic E-state index is 0.0358. The first-order valence-corrected chi connectivity index (χ1v) is 7.82. The summed E-state index contributed by atoms with van der Waals surface area (Å²) in [4.78, 5) is 0.0640. The van der Waals surface area contributed by atoms with Crippen LogP contribution in [0.2, 0.25) is 0 Å². The van der Waals surface area contributed by atoms with Gasteiger partial charge in [0.25, 0.3) is 10.1 Å². The molecule has 0 bridgehead atoms. The lowest BCUT2D eigenvalue weighted by molar-refractivity contribution is -0.0498. The van der Waals surface area contributed by atoms with Gasteiger partial charge >= 0.3 is 0 Å². The molecule has 0 amide bonds. The lowest BCUT2D eigenvalue weighted by Crippen LogP contribution is -2.42. The summed E-state index contributed by atoms with van der Waals surface area (Å²) in [5.41, 5.74) is -0.402. The van der Waals surface area contributed by atoms with E-state index in [1.54, 1.807) is 19.1 Å². The maximum absolute atomic E-state index is 12.1. The van der Waals surface area contributed by atoms with Gasteiger partial charge < -0.3 is 5.11 Å². The first kappa shape index (κ1) is 16.7. The maximum atomic E-state index is 12.1. The lowest BCUT2D eigenvalue weighted by Gasteiger charge is -2.30. The Morgan fingerprint density at radius 1 is 1.40 bits per heavy atom. The van der Waals surface area contributed by atoms with Gasteiger partial charge in [0.15, 0.2) is 0 Å². The summed E-state index contributed by atoms with van der Waals surface area (Å²) in [5.74, 6) is 2.35. The third-order valence-corrected chi connectivity index (χ3v) is 4.75. The molecule has 1 rings (SSSR count). The van der Waals surface area contributed by atoms with Crippen LogP contribution in [0.15, 0.2) is 29.2 Å². The summed E-state index contributed by atoms with van der Waals surface area (Å²) in [6.45, 7) is 5.10. The molecule has 5 heteroatoms. The molecule has 20 heavy (non-hydrogen) atoms. The predicted octanol–water partition coefficient (Wildman–Crippen LogP) is 2.25. The zero-order valence-electron chi connectivity index (χ0n) is 12.0. The minimum Gasteiger partial charge on any atom is -0.386 e. The molecule has 0 aliphatic carbocycles. The van der Waals surface area contributed by atoms with E-state index in [4.69, 9.17) is 10.6 Å². The van der Waals surface area contributed by atoms with Crippen molar-refractivity contribution in [1.29, 1.82) is 0 Å². The summed E-state index contributed by atoms with van der Waals surface area (Å²) in [5, 5.41) is 10.3. The van der Waals surface area contributed by atoms with E-state index in [1.807, 2.05) is 6.92 Å². The van der Waals surface area contributed by atoms with Crippen LogP contribution in [0, 0.1) is 19.3 Å². The van der Waals surface area contributed by atoms with Gasteiger partial charge in [-0.2, -0.15) is 8.42 Å². The van der Waals surface area contributed by atoms with Crippen molar-refractivity contribution in [3.05, 3.63) is 29.8 Å². The van der Waals surface area contributed by atoms with Crippen molar-refractivity contribution in [3.63, 3.8) is 0 Å². The van der Waals surface area contributed by atoms with Crippen LogP contribution in [-0.4, -0.2) is 25.2 Å². The molecule has 0 heterocycles. The SMILES string of the molecule is C#CCC(O)(CC)C(C)OS(=O)(=O)c1ccc(C)cc1. The standard InChI is InChI=1S/C15H20O4S/c1-5-11-15(16,6-2)13(4)19-20(17,18)14-9-7-12(3)8-10-14/h1,7-10,13,16H,6,11H2,2-4H3. The molecule has 0 aliphatic rings. The van der Waals surface area contributed by atoms with E-state index in [9.17, 15) is 13.5 Å². The molecule has 2 unspecified atom stereocenters. The molecule has 4 nitrogen and oxygen atoms in total. The molecule has 0 aromatic heterocycles. The molecular weight excluding hydrogens is 276 g/mol. The van der Waals surface area contributed by atoms with Crippen molar-refractivity contribution in [3.8, 4) is 12.3 Å². The van der Waals surface area contributed by atoms with E-state index in [0.29, 0.717) is 6.42 Å². The summed E-state index contributed by atoms with van der Waals surface area (Å²) < 4.78 is 29.4. The summed E-state index contributed by atoms with van der Waals surface area (Å²) >= 11 is 0. The van der Waals surface area contributed by atoms with Crippen LogP contribution in [0.1, 0.15) is 32.3 Å². The van der Waals surface area contributed by atoms with Crippen LogP contribution in [0.3, 0.4) is 0 Å². The summed E-state index contributed by atoms with van der Waals surface area (Å²) in [7, 11) is -3.92. The molecule has 1 N–H and O–H groups in total. The van der Waals surface area contributed by atoms with Gasteiger partial charge in [0, 0.05) is 6.42 Å². The van der Waals surface area contributed by atoms with Gasteiger partial charge in [0.1, 0.15) is 11.7 Å². The molecule has 0 saturated carbocycles. The molecule has 110 valence electrons. The number of hydrogen-bond acceptors (Lipinski definition) is 4. The molecule has 2 atom stereocenters. The average Bonchev–Trinajstić information content (AvgIpc) is 2.38. The topological polar surface area (TPSA) is 63.6 Å². The highest BCUT2D eigenvalue weighted by atomic mass is 32.2. The van der Waals surface area contributed by atoms with Gasteiger partial charge in [-0.3, -0.25) is 4.18 Å². The van der Waals surface area contributed by atoms with Crippen LogP contribution in [0.4, 0.5) is 0 Å². The highest BCUT2D eigenvalue weighted by Gasteiger charge is 2.35. The fraction of sp³-hybridized carbons (Fsp3) is 0.467. The van der Waals surface area contributed by atoms with Gasteiger partial charge in [-0.05, 0) is 32.4 Å². The average molecular weight is 296 g/mol. The van der Waals surface area contributed by atoms with E-state index in [1.165, 1.54) is 19.1 Å². The highest BCUT2D eigenvalue weighted by Crippen LogP contribution is 2.25. The number of aryl methyl sites for hydroxylation is 1. The molecule has 0 aliphatic heterocycles. The lowest BCUT2D eigenvalue weighted by atomic mass is 9.91. The second kappa shape index (κ2) is 6.40. The normalized spacial score (nSPS) is 16.1. The summed E-state index contributed by atoms with van der Waals surface area (Å²) in [6.07, 6.45) is 4.63. The Balaban J connectivity index is 2.96. The van der Waals surface area contributed by atoms with E-state index in [-0.39, 0.29) is 11.3 Å². The van der Waals surface area contributed by atoms with Crippen LogP contribution in [0.25, 0.3) is 0 Å². The smallest absolute Gasteiger partial charge is 0.297 e. The van der Waals surface area contributed by atoms with Crippen molar-refractivity contribution in [2.75, 3.05) is 0 Å².